The van der Waals surface area contributed by atoms with Crippen LogP contribution in [-0.4, -0.2) is 12.2 Å². The van der Waals surface area contributed by atoms with Gasteiger partial charge in [0.15, 0.2) is 5.75 Å². The molecule has 1 aromatic heterocycles. The molecule has 0 bridgehead atoms. The van der Waals surface area contributed by atoms with Crippen LogP contribution >= 0.6 is 11.8 Å². The quantitative estimate of drug-likeness (QED) is 0.860. The van der Waals surface area contributed by atoms with Crippen LogP contribution in [0.5, 0.6) is 11.5 Å². The number of ether oxygens (including phenoxy) is 1. The Hall–Kier alpha value is -1.88. The Balaban J connectivity index is 2.11. The number of thioether (sulfide) groups is 1. The van der Waals surface area contributed by atoms with Crippen molar-refractivity contribution in [2.75, 3.05) is 7.11 Å². The lowest BCUT2D eigenvalue weighted by molar-refractivity contribution is 0.404. The molecule has 94 valence electrons. The van der Waals surface area contributed by atoms with Crippen LogP contribution in [0.4, 0.5) is 0 Å². The Morgan fingerprint density at radius 3 is 2.89 bits per heavy atom. The Bertz CT molecular complexity index is 592. The predicted molar refractivity (Wildman–Crippen MR) is 69.2 cm³/mol. The standard InChI is InChI=1S/C13H12O4S/c1-16-12-4-2-3-5-13(12)18-8-9-6-10(14)11(15)7-17-9/h2-7,15H,8H2,1H3. The van der Waals surface area contributed by atoms with Crippen LogP contribution in [-0.2, 0) is 5.75 Å². The highest BCUT2D eigenvalue weighted by atomic mass is 32.2. The summed E-state index contributed by atoms with van der Waals surface area (Å²) in [6, 6.07) is 8.90. The summed E-state index contributed by atoms with van der Waals surface area (Å²) in [6.45, 7) is 0. The van der Waals surface area contributed by atoms with Gasteiger partial charge in [-0.15, -0.1) is 11.8 Å². The van der Waals surface area contributed by atoms with Crippen molar-refractivity contribution >= 4 is 11.8 Å². The fourth-order valence-corrected chi connectivity index (χ4v) is 2.32. The molecule has 0 saturated heterocycles. The monoisotopic (exact) mass is 264 g/mol. The van der Waals surface area contributed by atoms with E-state index in [9.17, 15) is 4.79 Å². The van der Waals surface area contributed by atoms with Crippen molar-refractivity contribution in [2.24, 2.45) is 0 Å². The zero-order chi connectivity index (χ0) is 13.0. The molecule has 0 saturated carbocycles. The minimum absolute atomic E-state index is 0.374. The van der Waals surface area contributed by atoms with Gasteiger partial charge in [-0.2, -0.15) is 0 Å². The van der Waals surface area contributed by atoms with Crippen molar-refractivity contribution in [1.82, 2.24) is 0 Å². The zero-order valence-corrected chi connectivity index (χ0v) is 10.6. The lowest BCUT2D eigenvalue weighted by Crippen LogP contribution is -1.99. The molecule has 0 fully saturated rings. The summed E-state index contributed by atoms with van der Waals surface area (Å²) in [5.41, 5.74) is -0.433. The first kappa shape index (κ1) is 12.6. The van der Waals surface area contributed by atoms with Gasteiger partial charge in [0, 0.05) is 11.0 Å². The van der Waals surface area contributed by atoms with Gasteiger partial charge < -0.3 is 14.3 Å². The predicted octanol–water partition coefficient (Wildman–Crippen LogP) is 2.65. The number of aromatic hydroxyl groups is 1. The number of hydrogen-bond acceptors (Lipinski definition) is 5. The highest BCUT2D eigenvalue weighted by molar-refractivity contribution is 7.98. The highest BCUT2D eigenvalue weighted by Crippen LogP contribution is 2.30. The summed E-state index contributed by atoms with van der Waals surface area (Å²) in [6.07, 6.45) is 1.06. The van der Waals surface area contributed by atoms with Gasteiger partial charge in [-0.05, 0) is 12.1 Å². The van der Waals surface area contributed by atoms with Crippen LogP contribution in [0, 0.1) is 0 Å². The smallest absolute Gasteiger partial charge is 0.226 e. The summed E-state index contributed by atoms with van der Waals surface area (Å²) in [5, 5.41) is 9.08. The van der Waals surface area contributed by atoms with Gasteiger partial charge in [0.05, 0.1) is 12.9 Å². The maximum Gasteiger partial charge on any atom is 0.226 e. The third kappa shape index (κ3) is 2.87. The minimum atomic E-state index is -0.433. The van der Waals surface area contributed by atoms with Gasteiger partial charge in [0.1, 0.15) is 17.8 Å². The van der Waals surface area contributed by atoms with Crippen molar-refractivity contribution in [2.45, 2.75) is 10.6 Å². The van der Waals surface area contributed by atoms with Crippen molar-refractivity contribution in [3.8, 4) is 11.5 Å². The van der Waals surface area contributed by atoms with E-state index in [-0.39, 0.29) is 5.75 Å². The molecule has 2 aromatic rings. The number of rotatable bonds is 4. The average Bonchev–Trinajstić information content (AvgIpc) is 2.40. The lowest BCUT2D eigenvalue weighted by Gasteiger charge is -2.06. The van der Waals surface area contributed by atoms with Gasteiger partial charge in [-0.1, -0.05) is 12.1 Å². The summed E-state index contributed by atoms with van der Waals surface area (Å²) >= 11 is 1.50. The first-order valence-corrected chi connectivity index (χ1v) is 6.26. The van der Waals surface area contributed by atoms with E-state index in [4.69, 9.17) is 14.3 Å². The summed E-state index contributed by atoms with van der Waals surface area (Å²) in [5.74, 6) is 1.41. The highest BCUT2D eigenvalue weighted by Gasteiger charge is 2.06. The summed E-state index contributed by atoms with van der Waals surface area (Å²) in [4.78, 5) is 12.2. The first-order chi connectivity index (χ1) is 8.70. The minimum Gasteiger partial charge on any atom is -0.502 e. The van der Waals surface area contributed by atoms with Crippen molar-refractivity contribution < 1.29 is 14.3 Å². The molecule has 1 aromatic carbocycles. The maximum absolute atomic E-state index is 11.2. The molecule has 0 unspecified atom stereocenters. The third-order valence-corrected chi connectivity index (χ3v) is 3.38. The largest absolute Gasteiger partial charge is 0.502 e. The second-order valence-electron chi connectivity index (χ2n) is 3.54. The molecular formula is C13H12O4S. The van der Waals surface area contributed by atoms with E-state index in [1.807, 2.05) is 24.3 Å². The molecule has 5 heteroatoms. The van der Waals surface area contributed by atoms with Gasteiger partial charge in [-0.3, -0.25) is 4.79 Å². The van der Waals surface area contributed by atoms with E-state index >= 15 is 0 Å². The molecule has 0 radical (unpaired) electrons. The van der Waals surface area contributed by atoms with Crippen molar-refractivity contribution in [3.05, 3.63) is 52.6 Å². The normalized spacial score (nSPS) is 10.3. The van der Waals surface area contributed by atoms with Crippen LogP contribution in [0.2, 0.25) is 0 Å². The van der Waals surface area contributed by atoms with E-state index < -0.39 is 5.43 Å². The molecule has 0 amide bonds. The third-order valence-electron chi connectivity index (χ3n) is 2.31. The van der Waals surface area contributed by atoms with E-state index in [1.165, 1.54) is 17.8 Å². The molecule has 1 heterocycles. The van der Waals surface area contributed by atoms with Gasteiger partial charge >= 0.3 is 0 Å². The van der Waals surface area contributed by atoms with Crippen molar-refractivity contribution in [1.29, 1.82) is 0 Å². The van der Waals surface area contributed by atoms with Crippen LogP contribution in [0.3, 0.4) is 0 Å². The fourth-order valence-electron chi connectivity index (χ4n) is 1.41. The molecule has 4 nitrogen and oxygen atoms in total. The molecule has 2 rings (SSSR count). The second kappa shape index (κ2) is 5.64. The Labute approximate surface area is 108 Å². The SMILES string of the molecule is COc1ccccc1SCc1cc(=O)c(O)co1. The lowest BCUT2D eigenvalue weighted by atomic mass is 10.3. The Morgan fingerprint density at radius 1 is 1.39 bits per heavy atom. The molecule has 0 atom stereocenters. The average molecular weight is 264 g/mol. The molecular weight excluding hydrogens is 252 g/mol. The van der Waals surface area contributed by atoms with Gasteiger partial charge in [0.2, 0.25) is 5.43 Å². The van der Waals surface area contributed by atoms with Gasteiger partial charge in [-0.25, -0.2) is 0 Å². The zero-order valence-electron chi connectivity index (χ0n) is 9.75. The maximum atomic E-state index is 11.2. The van der Waals surface area contributed by atoms with Crippen LogP contribution < -0.4 is 10.2 Å². The number of para-hydroxylation sites is 1. The van der Waals surface area contributed by atoms with E-state index in [0.717, 1.165) is 16.9 Å². The summed E-state index contributed by atoms with van der Waals surface area (Å²) in [7, 11) is 1.61. The first-order valence-electron chi connectivity index (χ1n) is 5.27. The van der Waals surface area contributed by atoms with E-state index in [2.05, 4.69) is 0 Å². The van der Waals surface area contributed by atoms with Crippen molar-refractivity contribution in [3.63, 3.8) is 0 Å². The summed E-state index contributed by atoms with van der Waals surface area (Å²) < 4.78 is 10.3. The molecule has 0 aliphatic carbocycles. The molecule has 1 N–H and O–H groups in total. The fraction of sp³-hybridized carbons (Fsp3) is 0.154. The Morgan fingerprint density at radius 2 is 2.17 bits per heavy atom. The topological polar surface area (TPSA) is 59.7 Å². The van der Waals surface area contributed by atoms with E-state index in [1.54, 1.807) is 7.11 Å². The van der Waals surface area contributed by atoms with Gasteiger partial charge in [0.25, 0.3) is 0 Å². The number of methoxy groups -OCH3 is 1. The molecule has 18 heavy (non-hydrogen) atoms. The van der Waals surface area contributed by atoms with E-state index in [0.29, 0.717) is 11.5 Å². The molecule has 0 aliphatic heterocycles. The molecule has 0 aliphatic rings. The molecule has 0 spiro atoms. The number of hydrogen-bond donors (Lipinski definition) is 1. The van der Waals surface area contributed by atoms with Crippen LogP contribution in [0.1, 0.15) is 5.76 Å². The Kier molecular flexibility index (Phi) is 3.94. The van der Waals surface area contributed by atoms with Crippen LogP contribution in [0.25, 0.3) is 0 Å². The van der Waals surface area contributed by atoms with Crippen LogP contribution in [0.15, 0.2) is 50.7 Å². The second-order valence-corrected chi connectivity index (χ2v) is 4.55. The number of benzene rings is 1.